The van der Waals surface area contributed by atoms with Gasteiger partial charge in [-0.25, -0.2) is 14.1 Å². The van der Waals surface area contributed by atoms with E-state index in [1.54, 1.807) is 19.1 Å². The lowest BCUT2D eigenvalue weighted by molar-refractivity contribution is -0.137. The van der Waals surface area contributed by atoms with Crippen LogP contribution in [-0.2, 0) is 27.0 Å². The molecule has 5 rings (SSSR count). The topological polar surface area (TPSA) is 54.2 Å². The van der Waals surface area contributed by atoms with Crippen LogP contribution >= 0.6 is 0 Å². The molecule has 3 aliphatic heterocycles. The predicted octanol–water partition coefficient (Wildman–Crippen LogP) is 5.34. The summed E-state index contributed by atoms with van der Waals surface area (Å²) in [6.07, 6.45) is -3.22. The zero-order chi connectivity index (χ0) is 26.8. The highest BCUT2D eigenvalue weighted by molar-refractivity contribution is 6.23. The molecule has 3 fully saturated rings. The third-order valence-corrected chi connectivity index (χ3v) is 7.96. The molecular formula is C27H25F4N3O3. The van der Waals surface area contributed by atoms with Crippen LogP contribution in [0.25, 0.3) is 4.85 Å². The molecule has 2 unspecified atom stereocenters. The van der Waals surface area contributed by atoms with Crippen molar-refractivity contribution >= 4 is 23.2 Å². The van der Waals surface area contributed by atoms with Crippen molar-refractivity contribution in [2.75, 3.05) is 18.5 Å². The van der Waals surface area contributed by atoms with Gasteiger partial charge >= 0.3 is 6.18 Å². The predicted molar refractivity (Wildman–Crippen MR) is 126 cm³/mol. The van der Waals surface area contributed by atoms with Crippen LogP contribution in [0.1, 0.15) is 37.3 Å². The lowest BCUT2D eigenvalue weighted by Gasteiger charge is -2.32. The van der Waals surface area contributed by atoms with Gasteiger partial charge in [0.1, 0.15) is 5.82 Å². The van der Waals surface area contributed by atoms with E-state index in [-0.39, 0.29) is 11.5 Å². The Balaban J connectivity index is 1.40. The van der Waals surface area contributed by atoms with Gasteiger partial charge in [-0.2, -0.15) is 13.2 Å². The molecule has 37 heavy (non-hydrogen) atoms. The van der Waals surface area contributed by atoms with E-state index in [1.165, 1.54) is 18.2 Å². The van der Waals surface area contributed by atoms with Gasteiger partial charge in [-0.1, -0.05) is 18.2 Å². The van der Waals surface area contributed by atoms with Crippen molar-refractivity contribution in [1.29, 1.82) is 0 Å². The van der Waals surface area contributed by atoms with Crippen molar-refractivity contribution in [2.45, 2.75) is 50.1 Å². The number of halogens is 4. The van der Waals surface area contributed by atoms with Crippen molar-refractivity contribution in [1.82, 2.24) is 4.90 Å². The Labute approximate surface area is 211 Å². The molecule has 0 saturated carbocycles. The average Bonchev–Trinajstić information content (AvgIpc) is 3.43. The van der Waals surface area contributed by atoms with Gasteiger partial charge < -0.3 is 9.64 Å². The lowest BCUT2D eigenvalue weighted by Crippen LogP contribution is -2.44. The van der Waals surface area contributed by atoms with Gasteiger partial charge in [0.2, 0.25) is 11.8 Å². The maximum Gasteiger partial charge on any atom is 0.407 e. The first-order valence-electron chi connectivity index (χ1n) is 12.0. The third kappa shape index (κ3) is 4.10. The number of hydrogen-bond acceptors (Lipinski definition) is 4. The van der Waals surface area contributed by atoms with E-state index >= 15 is 0 Å². The number of amides is 2. The summed E-state index contributed by atoms with van der Waals surface area (Å²) in [7, 11) is 1.89. The van der Waals surface area contributed by atoms with Crippen LogP contribution in [0.2, 0.25) is 0 Å². The van der Waals surface area contributed by atoms with Crippen LogP contribution in [-0.4, -0.2) is 41.5 Å². The van der Waals surface area contributed by atoms with E-state index in [2.05, 4.69) is 4.85 Å². The van der Waals surface area contributed by atoms with E-state index in [4.69, 9.17) is 11.3 Å². The van der Waals surface area contributed by atoms with Crippen LogP contribution in [0.15, 0.2) is 42.5 Å². The molecule has 3 aliphatic rings. The lowest BCUT2D eigenvalue weighted by atomic mass is 9.67. The van der Waals surface area contributed by atoms with Gasteiger partial charge in [0.25, 0.3) is 0 Å². The summed E-state index contributed by atoms with van der Waals surface area (Å²) in [6, 6.07) is 9.09. The summed E-state index contributed by atoms with van der Waals surface area (Å²) in [5.74, 6) is -3.04. The zero-order valence-electron chi connectivity index (χ0n) is 20.3. The van der Waals surface area contributed by atoms with Gasteiger partial charge in [-0.3, -0.25) is 9.59 Å². The maximum absolute atomic E-state index is 13.7. The minimum absolute atomic E-state index is 0.185. The van der Waals surface area contributed by atoms with Crippen molar-refractivity contribution in [3.63, 3.8) is 0 Å². The molecule has 10 heteroatoms. The number of hydrogen-bond donors (Lipinski definition) is 0. The molecule has 0 aromatic heterocycles. The number of ether oxygens (including phenoxy) is 1. The smallest absolute Gasteiger partial charge is 0.367 e. The molecule has 4 atom stereocenters. The molecule has 0 N–H and O–H groups in total. The second kappa shape index (κ2) is 8.64. The normalized spacial score (nSPS) is 28.8. The Morgan fingerprint density at radius 3 is 2.43 bits per heavy atom. The molecule has 0 radical (unpaired) electrons. The standard InChI is InChI=1S/C27H25F4N3O3/c1-25-10-11-26(37-25,12-13-33(3)15-16-4-6-17(28)7-5-16)22-21(25)23(35)34(24(22)36)18-8-9-20(32-2)19(14-18)27(29,30)31/h4-9,14,21-22H,10-13,15H2,1,3H3/t21-,22+,25?,26?/m1/s1. The van der Waals surface area contributed by atoms with Crippen LogP contribution in [0.3, 0.4) is 0 Å². The van der Waals surface area contributed by atoms with E-state index in [9.17, 15) is 27.2 Å². The maximum atomic E-state index is 13.7. The second-order valence-electron chi connectivity index (χ2n) is 10.4. The molecule has 2 aromatic carbocycles. The summed E-state index contributed by atoms with van der Waals surface area (Å²) < 4.78 is 60.3. The fraction of sp³-hybridized carbons (Fsp3) is 0.444. The minimum atomic E-state index is -4.80. The van der Waals surface area contributed by atoms with Gasteiger partial charge in [-0.05, 0) is 63.1 Å². The molecular weight excluding hydrogens is 490 g/mol. The number of imide groups is 1. The summed E-state index contributed by atoms with van der Waals surface area (Å²) in [4.78, 5) is 33.0. The number of nitrogens with zero attached hydrogens (tertiary/aromatic N) is 3. The van der Waals surface area contributed by atoms with Gasteiger partial charge in [0, 0.05) is 18.8 Å². The fourth-order valence-corrected chi connectivity index (χ4v) is 6.21. The van der Waals surface area contributed by atoms with Crippen LogP contribution < -0.4 is 4.90 Å². The molecule has 6 nitrogen and oxygen atoms in total. The Hall–Kier alpha value is -3.29. The molecule has 2 amide bonds. The number of carbonyl (C=O) groups excluding carboxylic acids is 2. The number of alkyl halides is 3. The monoisotopic (exact) mass is 515 g/mol. The number of carbonyl (C=O) groups is 2. The highest BCUT2D eigenvalue weighted by atomic mass is 19.4. The minimum Gasteiger partial charge on any atom is -0.367 e. The first-order chi connectivity index (χ1) is 17.4. The largest absolute Gasteiger partial charge is 0.407 e. The highest BCUT2D eigenvalue weighted by Crippen LogP contribution is 2.62. The Bertz CT molecular complexity index is 1310. The van der Waals surface area contributed by atoms with Crippen LogP contribution in [0, 0.1) is 24.2 Å². The van der Waals surface area contributed by atoms with Crippen molar-refractivity contribution in [3.8, 4) is 0 Å². The van der Waals surface area contributed by atoms with Gasteiger partial charge in [0.15, 0.2) is 5.69 Å². The van der Waals surface area contributed by atoms with Crippen molar-refractivity contribution in [2.24, 2.45) is 11.8 Å². The van der Waals surface area contributed by atoms with E-state index in [1.807, 2.05) is 11.9 Å². The summed E-state index contributed by atoms with van der Waals surface area (Å²) in [5, 5.41) is 0. The number of rotatable bonds is 6. The summed E-state index contributed by atoms with van der Waals surface area (Å²) in [5.41, 5.74) is -2.82. The molecule has 3 heterocycles. The third-order valence-electron chi connectivity index (χ3n) is 7.96. The fourth-order valence-electron chi connectivity index (χ4n) is 6.21. The van der Waals surface area contributed by atoms with Crippen LogP contribution in [0.4, 0.5) is 28.9 Å². The number of anilines is 1. The number of fused-ring (bicyclic) bond motifs is 5. The molecule has 0 spiro atoms. The van der Waals surface area contributed by atoms with Gasteiger partial charge in [0.05, 0.1) is 35.2 Å². The first kappa shape index (κ1) is 25.4. The second-order valence-corrected chi connectivity index (χ2v) is 10.4. The Kier molecular flexibility index (Phi) is 5.92. The van der Waals surface area contributed by atoms with Crippen LogP contribution in [0.5, 0.6) is 0 Å². The quantitative estimate of drug-likeness (QED) is 0.296. The summed E-state index contributed by atoms with van der Waals surface area (Å²) >= 11 is 0. The molecule has 3 saturated heterocycles. The Morgan fingerprint density at radius 2 is 1.78 bits per heavy atom. The molecule has 194 valence electrons. The highest BCUT2D eigenvalue weighted by Gasteiger charge is 2.73. The first-order valence-corrected chi connectivity index (χ1v) is 12.0. The molecule has 2 aromatic rings. The molecule has 2 bridgehead atoms. The number of benzene rings is 2. The van der Waals surface area contributed by atoms with E-state index < -0.39 is 52.3 Å². The van der Waals surface area contributed by atoms with Crippen molar-refractivity contribution < 1.29 is 31.9 Å². The van der Waals surface area contributed by atoms with Gasteiger partial charge in [-0.15, -0.1) is 0 Å². The summed E-state index contributed by atoms with van der Waals surface area (Å²) in [6.45, 7) is 9.92. The molecule has 0 aliphatic carbocycles. The zero-order valence-corrected chi connectivity index (χ0v) is 20.3. The van der Waals surface area contributed by atoms with Crippen molar-refractivity contribution in [3.05, 3.63) is 70.8 Å². The van der Waals surface area contributed by atoms with E-state index in [0.29, 0.717) is 38.4 Å². The Morgan fingerprint density at radius 1 is 1.11 bits per heavy atom. The SMILES string of the molecule is [C-]#[N+]c1ccc(N2C(=O)[C@@H]3[C@H](C2=O)C2(C)CCC3(CCN(C)Cc3ccc(F)cc3)O2)cc1C(F)(F)F. The average molecular weight is 516 g/mol. The van der Waals surface area contributed by atoms with E-state index in [0.717, 1.165) is 16.5 Å².